The molecule has 9 nitrogen and oxygen atoms in total. The summed E-state index contributed by atoms with van der Waals surface area (Å²) in [5.41, 5.74) is 0.0920. The molecule has 1 unspecified atom stereocenters. The zero-order chi connectivity index (χ0) is 24.6. The predicted molar refractivity (Wildman–Crippen MR) is 128 cm³/mol. The Kier molecular flexibility index (Phi) is 6.93. The van der Waals surface area contributed by atoms with E-state index in [9.17, 15) is 18.5 Å². The lowest BCUT2D eigenvalue weighted by atomic mass is 9.84. The summed E-state index contributed by atoms with van der Waals surface area (Å²) in [7, 11) is -4.01. The van der Waals surface area contributed by atoms with E-state index < -0.39 is 27.4 Å². The quantitative estimate of drug-likeness (QED) is 0.604. The molecule has 3 aliphatic rings. The molecule has 2 N–H and O–H groups in total. The zero-order valence-corrected chi connectivity index (χ0v) is 21.0. The van der Waals surface area contributed by atoms with Crippen molar-refractivity contribution < 1.29 is 17.9 Å². The monoisotopic (exact) mass is 489 g/mol. The van der Waals surface area contributed by atoms with Gasteiger partial charge < -0.3 is 10.1 Å². The molecular formula is C24H35N5O4S. The first-order chi connectivity index (χ1) is 16.0. The summed E-state index contributed by atoms with van der Waals surface area (Å²) in [6, 6.07) is 13.8. The van der Waals surface area contributed by atoms with Crippen LogP contribution in [0.1, 0.15) is 57.9 Å². The summed E-state index contributed by atoms with van der Waals surface area (Å²) in [6.07, 6.45) is 2.36. The Morgan fingerprint density at radius 2 is 1.85 bits per heavy atom. The molecule has 1 aromatic rings. The first-order valence-electron chi connectivity index (χ1n) is 12.0. The molecular weight excluding hydrogens is 454 g/mol. The molecule has 3 fully saturated rings. The van der Waals surface area contributed by atoms with Gasteiger partial charge in [-0.15, -0.1) is 0 Å². The number of benzene rings is 1. The van der Waals surface area contributed by atoms with Gasteiger partial charge in [-0.05, 0) is 45.6 Å². The maximum absolute atomic E-state index is 12.6. The van der Waals surface area contributed by atoms with E-state index in [1.807, 2.05) is 10.8 Å². The highest BCUT2D eigenvalue weighted by atomic mass is 32.2. The van der Waals surface area contributed by atoms with Gasteiger partial charge in [0.1, 0.15) is 5.60 Å². The Morgan fingerprint density at radius 1 is 1.21 bits per heavy atom. The molecule has 1 aliphatic carbocycles. The van der Waals surface area contributed by atoms with Crippen molar-refractivity contribution in [1.82, 2.24) is 19.2 Å². The second kappa shape index (κ2) is 9.46. The number of hydrogen-bond acceptors (Lipinski definition) is 7. The van der Waals surface area contributed by atoms with Gasteiger partial charge in [-0.3, -0.25) is 4.90 Å². The van der Waals surface area contributed by atoms with Gasteiger partial charge in [-0.1, -0.05) is 30.3 Å². The summed E-state index contributed by atoms with van der Waals surface area (Å²) >= 11 is 0. The van der Waals surface area contributed by atoms with Crippen molar-refractivity contribution in [3.05, 3.63) is 35.9 Å². The minimum atomic E-state index is -4.01. The number of carbonyl (C=O) groups excluding carboxylic acids is 1. The summed E-state index contributed by atoms with van der Waals surface area (Å²) < 4.78 is 33.5. The molecule has 10 heteroatoms. The Morgan fingerprint density at radius 3 is 2.44 bits per heavy atom. The van der Waals surface area contributed by atoms with Crippen LogP contribution in [-0.4, -0.2) is 73.1 Å². The fraction of sp³-hybridized carbons (Fsp3) is 0.667. The van der Waals surface area contributed by atoms with Crippen molar-refractivity contribution in [3.8, 4) is 6.07 Å². The highest BCUT2D eigenvalue weighted by Crippen LogP contribution is 2.42. The topological polar surface area (TPSA) is 115 Å². The normalized spacial score (nSPS) is 25.7. The lowest BCUT2D eigenvalue weighted by Gasteiger charge is -2.55. The molecule has 1 saturated carbocycles. The van der Waals surface area contributed by atoms with Crippen LogP contribution in [0.25, 0.3) is 0 Å². The lowest BCUT2D eigenvalue weighted by Crippen LogP contribution is -2.73. The number of likely N-dealkylation sites (tertiary alicyclic amines) is 1. The van der Waals surface area contributed by atoms with Crippen LogP contribution in [0.15, 0.2) is 30.3 Å². The molecule has 4 rings (SSSR count). The van der Waals surface area contributed by atoms with Crippen LogP contribution >= 0.6 is 0 Å². The van der Waals surface area contributed by atoms with Gasteiger partial charge in [0.05, 0.1) is 18.0 Å². The first-order valence-corrected chi connectivity index (χ1v) is 13.4. The zero-order valence-electron chi connectivity index (χ0n) is 20.2. The van der Waals surface area contributed by atoms with E-state index in [1.54, 1.807) is 20.8 Å². The Hall–Kier alpha value is -2.19. The molecule has 2 atom stereocenters. The van der Waals surface area contributed by atoms with Crippen molar-refractivity contribution in [2.24, 2.45) is 0 Å². The average Bonchev–Trinajstić information content (AvgIpc) is 3.49. The average molecular weight is 490 g/mol. The molecule has 2 heterocycles. The molecule has 2 aliphatic heterocycles. The van der Waals surface area contributed by atoms with Gasteiger partial charge in [0, 0.05) is 44.2 Å². The molecule has 0 spiro atoms. The predicted octanol–water partition coefficient (Wildman–Crippen LogP) is 2.33. The molecule has 1 aromatic carbocycles. The van der Waals surface area contributed by atoms with E-state index >= 15 is 0 Å². The molecule has 1 amide bonds. The molecule has 2 saturated heterocycles. The number of piperidine rings is 1. The maximum Gasteiger partial charge on any atom is 0.422 e. The summed E-state index contributed by atoms with van der Waals surface area (Å²) in [5.74, 6) is 0.590. The molecule has 186 valence electrons. The van der Waals surface area contributed by atoms with Crippen LogP contribution in [0.3, 0.4) is 0 Å². The highest BCUT2D eigenvalue weighted by Gasteiger charge is 2.53. The van der Waals surface area contributed by atoms with Crippen LogP contribution in [-0.2, 0) is 14.9 Å². The van der Waals surface area contributed by atoms with Crippen LogP contribution in [0, 0.1) is 11.3 Å². The van der Waals surface area contributed by atoms with Crippen LogP contribution < -0.4 is 10.0 Å². The number of nitrogens with one attached hydrogen (secondary N) is 2. The summed E-state index contributed by atoms with van der Waals surface area (Å²) in [4.78, 5) is 14.2. The first kappa shape index (κ1) is 24.9. The van der Waals surface area contributed by atoms with E-state index in [2.05, 4.69) is 40.6 Å². The third-order valence-electron chi connectivity index (χ3n) is 6.93. The largest absolute Gasteiger partial charge is 0.443 e. The Bertz CT molecular complexity index is 1020. The van der Waals surface area contributed by atoms with Crippen molar-refractivity contribution in [3.63, 3.8) is 0 Å². The summed E-state index contributed by atoms with van der Waals surface area (Å²) in [6.45, 7) is 7.02. The van der Waals surface area contributed by atoms with E-state index in [0.717, 1.165) is 25.9 Å². The van der Waals surface area contributed by atoms with Gasteiger partial charge in [0.2, 0.25) is 0 Å². The van der Waals surface area contributed by atoms with Crippen molar-refractivity contribution in [2.75, 3.05) is 26.2 Å². The maximum atomic E-state index is 12.6. The van der Waals surface area contributed by atoms with Gasteiger partial charge in [-0.2, -0.15) is 18.0 Å². The van der Waals surface area contributed by atoms with E-state index in [-0.39, 0.29) is 19.5 Å². The summed E-state index contributed by atoms with van der Waals surface area (Å²) in [5, 5.41) is 13.2. The number of nitriles is 1. The fourth-order valence-corrected chi connectivity index (χ4v) is 6.29. The van der Waals surface area contributed by atoms with E-state index in [1.165, 1.54) is 16.3 Å². The SMILES string of the molecule is CC(C)(C)OC(=O)NS(=O)(=O)N1CC(CC#N)(N2CCC(N[C@@H]3CC3c3ccccc3)CC2)C1. The van der Waals surface area contributed by atoms with Gasteiger partial charge >= 0.3 is 16.3 Å². The number of rotatable bonds is 7. The van der Waals surface area contributed by atoms with Crippen LogP contribution in [0.4, 0.5) is 4.79 Å². The highest BCUT2D eigenvalue weighted by molar-refractivity contribution is 7.87. The van der Waals surface area contributed by atoms with E-state index in [0.29, 0.717) is 18.0 Å². The van der Waals surface area contributed by atoms with Crippen LogP contribution in [0.5, 0.6) is 0 Å². The smallest absolute Gasteiger partial charge is 0.422 e. The third kappa shape index (κ3) is 5.71. The molecule has 0 bridgehead atoms. The minimum Gasteiger partial charge on any atom is -0.443 e. The van der Waals surface area contributed by atoms with Gasteiger partial charge in [0.25, 0.3) is 0 Å². The number of amides is 1. The van der Waals surface area contributed by atoms with Gasteiger partial charge in [-0.25, -0.2) is 9.52 Å². The standard InChI is InChI=1S/C24H35N5O4S/c1-23(2,3)33-22(30)27-34(31,32)29-16-24(17-29,11-12-25)28-13-9-19(10-14-28)26-21-15-20(21)18-7-5-4-6-8-18/h4-8,19-21,26H,9-11,13-17H2,1-3H3,(H,27,30)/t20?,21-/m1/s1. The van der Waals surface area contributed by atoms with Crippen LogP contribution in [0.2, 0.25) is 0 Å². The van der Waals surface area contributed by atoms with Crippen molar-refractivity contribution in [2.45, 2.75) is 75.6 Å². The van der Waals surface area contributed by atoms with Gasteiger partial charge in [0.15, 0.2) is 0 Å². The van der Waals surface area contributed by atoms with E-state index in [4.69, 9.17) is 4.74 Å². The molecule has 34 heavy (non-hydrogen) atoms. The molecule has 0 aromatic heterocycles. The Labute approximate surface area is 202 Å². The lowest BCUT2D eigenvalue weighted by molar-refractivity contribution is -0.0263. The number of nitrogens with zero attached hydrogens (tertiary/aromatic N) is 3. The molecule has 0 radical (unpaired) electrons. The fourth-order valence-electron chi connectivity index (χ4n) is 5.09. The Balaban J connectivity index is 1.27. The number of hydrogen-bond donors (Lipinski definition) is 2. The van der Waals surface area contributed by atoms with Crippen molar-refractivity contribution in [1.29, 1.82) is 5.26 Å². The second-order valence-corrected chi connectivity index (χ2v) is 12.4. The third-order valence-corrected chi connectivity index (χ3v) is 8.30. The second-order valence-electron chi connectivity index (χ2n) is 10.7. The minimum absolute atomic E-state index is 0.190. The van der Waals surface area contributed by atoms with Crippen molar-refractivity contribution >= 4 is 16.3 Å². The number of carbonyl (C=O) groups is 1. The number of ether oxygens (including phenoxy) is 1.